The van der Waals surface area contributed by atoms with Crippen LogP contribution in [0.15, 0.2) is 21.7 Å². The summed E-state index contributed by atoms with van der Waals surface area (Å²) in [6.07, 6.45) is 3.68. The van der Waals surface area contributed by atoms with Crippen LogP contribution in [0, 0.1) is 5.82 Å². The number of aromatic nitrogens is 2. The number of aryl methyl sites for hydroxylation is 1. The third-order valence-electron chi connectivity index (χ3n) is 2.53. The highest BCUT2D eigenvalue weighted by Crippen LogP contribution is 2.12. The molecule has 0 unspecified atom stereocenters. The Bertz CT molecular complexity index is 662. The number of H-pyrrole nitrogens is 1. The molecule has 7 heteroatoms. The molecule has 0 fully saturated rings. The number of ether oxygens (including phenoxy) is 1. The highest BCUT2D eigenvalue weighted by molar-refractivity contribution is 9.10. The van der Waals surface area contributed by atoms with Crippen molar-refractivity contribution in [3.8, 4) is 0 Å². The van der Waals surface area contributed by atoms with Crippen LogP contribution in [0.4, 0.5) is 4.39 Å². The number of hydrogen-bond acceptors (Lipinski definition) is 3. The Labute approximate surface area is 110 Å². The second-order valence-electron chi connectivity index (χ2n) is 3.73. The molecule has 0 aromatic carbocycles. The molecule has 0 saturated carbocycles. The largest absolute Gasteiger partial charge is 0.469 e. The predicted octanol–water partition coefficient (Wildman–Crippen LogP) is 1.63. The van der Waals surface area contributed by atoms with Gasteiger partial charge in [-0.2, -0.15) is 4.39 Å². The number of hydrogen-bond donors (Lipinski definition) is 1. The van der Waals surface area contributed by atoms with Gasteiger partial charge in [-0.05, 0) is 22.4 Å². The molecule has 2 aromatic rings. The van der Waals surface area contributed by atoms with E-state index in [-0.39, 0.29) is 22.5 Å². The van der Waals surface area contributed by atoms with E-state index in [0.717, 1.165) is 0 Å². The van der Waals surface area contributed by atoms with Gasteiger partial charge in [0, 0.05) is 18.1 Å². The molecule has 0 spiro atoms. The van der Waals surface area contributed by atoms with E-state index in [9.17, 15) is 14.0 Å². The van der Waals surface area contributed by atoms with Gasteiger partial charge in [-0.1, -0.05) is 0 Å². The molecule has 0 bridgehead atoms. The summed E-state index contributed by atoms with van der Waals surface area (Å²) in [7, 11) is 1.31. The number of halogens is 2. The monoisotopic (exact) mass is 316 g/mol. The van der Waals surface area contributed by atoms with Crippen molar-refractivity contribution in [2.24, 2.45) is 0 Å². The number of rotatable bonds is 3. The lowest BCUT2D eigenvalue weighted by molar-refractivity contribution is -0.140. The summed E-state index contributed by atoms with van der Waals surface area (Å²) in [5, 5.41) is 0. The van der Waals surface area contributed by atoms with E-state index in [4.69, 9.17) is 0 Å². The topological polar surface area (TPSA) is 63.6 Å². The number of nitrogens with one attached hydrogen (secondary N) is 1. The molecule has 0 amide bonds. The summed E-state index contributed by atoms with van der Waals surface area (Å²) in [5.41, 5.74) is 0.0382. The molecule has 2 aromatic heterocycles. The van der Waals surface area contributed by atoms with Crippen LogP contribution in [0.1, 0.15) is 12.1 Å². The normalized spacial score (nSPS) is 10.8. The van der Waals surface area contributed by atoms with E-state index in [0.29, 0.717) is 12.1 Å². The van der Waals surface area contributed by atoms with Gasteiger partial charge in [0.15, 0.2) is 5.65 Å². The number of methoxy groups -OCH3 is 1. The number of pyridine rings is 1. The summed E-state index contributed by atoms with van der Waals surface area (Å²) in [6.45, 7) is 0. The Kier molecular flexibility index (Phi) is 3.51. The summed E-state index contributed by atoms with van der Waals surface area (Å²) in [5.74, 6) is -1.20. The van der Waals surface area contributed by atoms with Crippen molar-refractivity contribution < 1.29 is 13.9 Å². The first-order valence-electron chi connectivity index (χ1n) is 5.17. The van der Waals surface area contributed by atoms with Gasteiger partial charge in [-0.15, -0.1) is 0 Å². The van der Waals surface area contributed by atoms with Crippen LogP contribution >= 0.6 is 15.9 Å². The average molecular weight is 317 g/mol. The molecule has 0 radical (unpaired) electrons. The van der Waals surface area contributed by atoms with Gasteiger partial charge in [-0.3, -0.25) is 9.59 Å². The standard InChI is InChI=1S/C11H10BrFN2O3/c1-18-8(16)3-2-6-4-15-5-7(12)10(17)9(13)11(15)14-6/h4-5,14H,2-3H2,1H3. The molecule has 96 valence electrons. The van der Waals surface area contributed by atoms with Crippen molar-refractivity contribution in [1.82, 2.24) is 9.38 Å². The van der Waals surface area contributed by atoms with E-state index < -0.39 is 11.2 Å². The molecule has 2 rings (SSSR count). The Balaban J connectivity index is 2.36. The van der Waals surface area contributed by atoms with Crippen LogP contribution in [-0.2, 0) is 16.0 Å². The molecule has 0 aliphatic rings. The summed E-state index contributed by atoms with van der Waals surface area (Å²) in [4.78, 5) is 25.1. The number of esters is 1. The van der Waals surface area contributed by atoms with Crippen LogP contribution in [0.3, 0.4) is 0 Å². The molecule has 0 aliphatic heterocycles. The van der Waals surface area contributed by atoms with Gasteiger partial charge in [-0.25, -0.2) is 0 Å². The fourth-order valence-electron chi connectivity index (χ4n) is 1.61. The summed E-state index contributed by atoms with van der Waals surface area (Å²) < 4.78 is 19.8. The van der Waals surface area contributed by atoms with Gasteiger partial charge in [0.2, 0.25) is 11.2 Å². The Hall–Kier alpha value is -1.63. The van der Waals surface area contributed by atoms with Crippen LogP contribution in [0.25, 0.3) is 5.65 Å². The molecule has 0 atom stereocenters. The maximum Gasteiger partial charge on any atom is 0.305 e. The first kappa shape index (κ1) is 12.8. The minimum absolute atomic E-state index is 0.0862. The lowest BCUT2D eigenvalue weighted by atomic mass is 10.2. The number of aromatic amines is 1. The molecule has 1 N–H and O–H groups in total. The van der Waals surface area contributed by atoms with E-state index in [1.54, 1.807) is 6.20 Å². The zero-order valence-corrected chi connectivity index (χ0v) is 11.1. The van der Waals surface area contributed by atoms with Gasteiger partial charge in [0.1, 0.15) is 0 Å². The minimum atomic E-state index is -0.853. The molecule has 0 saturated heterocycles. The van der Waals surface area contributed by atoms with E-state index in [1.165, 1.54) is 17.7 Å². The van der Waals surface area contributed by atoms with Gasteiger partial charge in [0.25, 0.3) is 0 Å². The second kappa shape index (κ2) is 4.93. The number of fused-ring (bicyclic) bond motifs is 1. The maximum absolute atomic E-state index is 13.7. The van der Waals surface area contributed by atoms with Gasteiger partial charge >= 0.3 is 5.97 Å². The van der Waals surface area contributed by atoms with Crippen molar-refractivity contribution in [1.29, 1.82) is 0 Å². The van der Waals surface area contributed by atoms with Crippen molar-refractivity contribution in [2.45, 2.75) is 12.8 Å². The third kappa shape index (κ3) is 2.31. The number of carbonyl (C=O) groups is 1. The van der Waals surface area contributed by atoms with Gasteiger partial charge in [0.05, 0.1) is 18.0 Å². The van der Waals surface area contributed by atoms with E-state index in [2.05, 4.69) is 25.7 Å². The van der Waals surface area contributed by atoms with Crippen molar-refractivity contribution in [3.05, 3.63) is 38.6 Å². The highest BCUT2D eigenvalue weighted by atomic mass is 79.9. The fourth-order valence-corrected chi connectivity index (χ4v) is 2.00. The fraction of sp³-hybridized carbons (Fsp3) is 0.273. The van der Waals surface area contributed by atoms with Crippen LogP contribution in [-0.4, -0.2) is 22.5 Å². The lowest BCUT2D eigenvalue weighted by Crippen LogP contribution is -2.09. The van der Waals surface area contributed by atoms with Crippen LogP contribution in [0.5, 0.6) is 0 Å². The van der Waals surface area contributed by atoms with Crippen molar-refractivity contribution in [2.75, 3.05) is 7.11 Å². The van der Waals surface area contributed by atoms with E-state index >= 15 is 0 Å². The van der Waals surface area contributed by atoms with Crippen molar-refractivity contribution in [3.63, 3.8) is 0 Å². The average Bonchev–Trinajstić information content (AvgIpc) is 2.76. The Morgan fingerprint density at radius 3 is 2.94 bits per heavy atom. The minimum Gasteiger partial charge on any atom is -0.469 e. The zero-order chi connectivity index (χ0) is 13.3. The molecule has 18 heavy (non-hydrogen) atoms. The molecule has 2 heterocycles. The van der Waals surface area contributed by atoms with Gasteiger partial charge < -0.3 is 14.1 Å². The predicted molar refractivity (Wildman–Crippen MR) is 66.0 cm³/mol. The molecular formula is C11H10BrFN2O3. The Morgan fingerprint density at radius 2 is 2.28 bits per heavy atom. The first-order valence-corrected chi connectivity index (χ1v) is 5.97. The number of nitrogens with zero attached hydrogens (tertiary/aromatic N) is 1. The maximum atomic E-state index is 13.7. The molecule has 5 nitrogen and oxygen atoms in total. The Morgan fingerprint density at radius 1 is 1.56 bits per heavy atom. The first-order chi connectivity index (χ1) is 8.52. The van der Waals surface area contributed by atoms with Crippen LogP contribution in [0.2, 0.25) is 0 Å². The SMILES string of the molecule is COC(=O)CCc1cn2cc(Br)c(=O)c(F)c2[nH]1. The smallest absolute Gasteiger partial charge is 0.305 e. The molecular weight excluding hydrogens is 307 g/mol. The molecule has 0 aliphatic carbocycles. The lowest BCUT2D eigenvalue weighted by Gasteiger charge is -1.96. The quantitative estimate of drug-likeness (QED) is 0.875. The number of imidazole rings is 1. The van der Waals surface area contributed by atoms with E-state index in [1.807, 2.05) is 0 Å². The summed E-state index contributed by atoms with van der Waals surface area (Å²) in [6, 6.07) is 0. The summed E-state index contributed by atoms with van der Waals surface area (Å²) >= 11 is 2.99. The highest BCUT2D eigenvalue weighted by Gasteiger charge is 2.12. The van der Waals surface area contributed by atoms with Crippen molar-refractivity contribution >= 4 is 27.5 Å². The van der Waals surface area contributed by atoms with Crippen LogP contribution < -0.4 is 5.43 Å². The third-order valence-corrected chi connectivity index (χ3v) is 3.10. The second-order valence-corrected chi connectivity index (χ2v) is 4.59. The number of carbonyl (C=O) groups excluding carboxylic acids is 1. The zero-order valence-electron chi connectivity index (χ0n) is 9.50.